The first-order valence-corrected chi connectivity index (χ1v) is 4.16. The first-order valence-electron chi connectivity index (χ1n) is 4.16. The van der Waals surface area contributed by atoms with Gasteiger partial charge in [-0.2, -0.15) is 0 Å². The highest BCUT2D eigenvalue weighted by molar-refractivity contribution is 5.60. The van der Waals surface area contributed by atoms with Crippen molar-refractivity contribution >= 4 is 5.69 Å². The molecule has 0 spiro atoms. The van der Waals surface area contributed by atoms with Gasteiger partial charge in [0.2, 0.25) is 0 Å². The van der Waals surface area contributed by atoms with Gasteiger partial charge >= 0.3 is 6.36 Å². The second kappa shape index (κ2) is 4.44. The highest BCUT2D eigenvalue weighted by Crippen LogP contribution is 2.38. The van der Waals surface area contributed by atoms with Gasteiger partial charge in [0, 0.05) is 6.54 Å². The summed E-state index contributed by atoms with van der Waals surface area (Å²) in [5.74, 6) is -0.828. The van der Waals surface area contributed by atoms with E-state index in [0.29, 0.717) is 0 Å². The predicted octanol–water partition coefficient (Wildman–Crippen LogP) is 1.03. The zero-order valence-corrected chi connectivity index (χ0v) is 8.34. The van der Waals surface area contributed by atoms with Crippen LogP contribution < -0.4 is 20.9 Å². The van der Waals surface area contributed by atoms with Crippen molar-refractivity contribution in [2.75, 3.05) is 12.8 Å². The van der Waals surface area contributed by atoms with E-state index in [4.69, 9.17) is 16.2 Å². The average Bonchev–Trinajstić information content (AvgIpc) is 2.16. The number of rotatable bonds is 3. The lowest BCUT2D eigenvalue weighted by molar-refractivity contribution is -0.275. The van der Waals surface area contributed by atoms with Crippen molar-refractivity contribution in [2.45, 2.75) is 12.9 Å². The molecular formula is C8H10F3N3O2. The highest BCUT2D eigenvalue weighted by atomic mass is 19.4. The molecule has 1 aromatic heterocycles. The van der Waals surface area contributed by atoms with Crippen molar-refractivity contribution in [1.82, 2.24) is 4.98 Å². The van der Waals surface area contributed by atoms with Crippen molar-refractivity contribution < 1.29 is 22.6 Å². The van der Waals surface area contributed by atoms with Gasteiger partial charge in [0.05, 0.1) is 19.0 Å². The number of aromatic nitrogens is 1. The largest absolute Gasteiger partial charge is 0.573 e. The third-order valence-corrected chi connectivity index (χ3v) is 1.71. The summed E-state index contributed by atoms with van der Waals surface area (Å²) in [7, 11) is 1.18. The normalized spacial score (nSPS) is 11.3. The van der Waals surface area contributed by atoms with Crippen LogP contribution in [0.25, 0.3) is 0 Å². The Balaban J connectivity index is 3.25. The van der Waals surface area contributed by atoms with E-state index in [1.54, 1.807) is 0 Å². The first-order chi connectivity index (χ1) is 7.39. The minimum atomic E-state index is -4.85. The van der Waals surface area contributed by atoms with Crippen molar-refractivity contribution in [3.8, 4) is 11.5 Å². The maximum absolute atomic E-state index is 12.1. The minimum absolute atomic E-state index is 0.0565. The number of nitrogens with zero attached hydrogens (tertiary/aromatic N) is 1. The molecule has 0 atom stereocenters. The van der Waals surface area contributed by atoms with E-state index < -0.39 is 12.1 Å². The van der Waals surface area contributed by atoms with Crippen molar-refractivity contribution in [2.24, 2.45) is 5.73 Å². The monoisotopic (exact) mass is 237 g/mol. The van der Waals surface area contributed by atoms with Gasteiger partial charge < -0.3 is 20.9 Å². The molecule has 0 aliphatic rings. The lowest BCUT2D eigenvalue weighted by atomic mass is 10.2. The summed E-state index contributed by atoms with van der Waals surface area (Å²) < 4.78 is 44.9. The average molecular weight is 237 g/mol. The molecule has 1 aromatic rings. The number of halogens is 3. The lowest BCUT2D eigenvalue weighted by Gasteiger charge is -2.16. The molecule has 0 aliphatic carbocycles. The number of anilines is 1. The van der Waals surface area contributed by atoms with Crippen LogP contribution in [0.2, 0.25) is 0 Å². The summed E-state index contributed by atoms with van der Waals surface area (Å²) in [6.07, 6.45) is -3.70. The molecule has 0 amide bonds. The van der Waals surface area contributed by atoms with E-state index in [1.807, 2.05) is 0 Å². The molecule has 0 radical (unpaired) electrons. The summed E-state index contributed by atoms with van der Waals surface area (Å²) in [6, 6.07) is 0. The molecule has 1 rings (SSSR count). The van der Waals surface area contributed by atoms with Crippen LogP contribution >= 0.6 is 0 Å². The summed E-state index contributed by atoms with van der Waals surface area (Å²) >= 11 is 0. The fourth-order valence-corrected chi connectivity index (χ4v) is 1.10. The molecule has 16 heavy (non-hydrogen) atoms. The summed E-state index contributed by atoms with van der Waals surface area (Å²) in [5.41, 5.74) is 10.5. The topological polar surface area (TPSA) is 83.4 Å². The van der Waals surface area contributed by atoms with E-state index in [2.05, 4.69) is 9.72 Å². The van der Waals surface area contributed by atoms with Crippen LogP contribution in [0.4, 0.5) is 18.9 Å². The number of nitrogens with two attached hydrogens (primary N) is 2. The standard InChI is InChI=1S/C8H10F3N3O2/c1-15-6-4(13)3-14-5(2-12)7(6)16-8(9,10)11/h3H,2,12-13H2,1H3. The second-order valence-electron chi connectivity index (χ2n) is 2.77. The first kappa shape index (κ1) is 12.4. The van der Waals surface area contributed by atoms with Gasteiger partial charge in [0.15, 0.2) is 11.5 Å². The van der Waals surface area contributed by atoms with Gasteiger partial charge in [0.1, 0.15) is 5.69 Å². The van der Waals surface area contributed by atoms with Gasteiger partial charge in [-0.05, 0) is 0 Å². The molecule has 0 saturated heterocycles. The number of hydrogen-bond acceptors (Lipinski definition) is 5. The Bertz CT molecular complexity index is 382. The molecule has 0 aliphatic heterocycles. The Morgan fingerprint density at radius 1 is 1.38 bits per heavy atom. The Kier molecular flexibility index (Phi) is 3.43. The quantitative estimate of drug-likeness (QED) is 0.820. The van der Waals surface area contributed by atoms with Crippen LogP contribution in [0.1, 0.15) is 5.69 Å². The van der Waals surface area contributed by atoms with E-state index in [0.717, 1.165) is 6.20 Å². The third-order valence-electron chi connectivity index (χ3n) is 1.71. The number of methoxy groups -OCH3 is 1. The van der Waals surface area contributed by atoms with Crippen LogP contribution in [0, 0.1) is 0 Å². The van der Waals surface area contributed by atoms with Crippen LogP contribution in [0.3, 0.4) is 0 Å². The van der Waals surface area contributed by atoms with Gasteiger partial charge in [-0.25, -0.2) is 0 Å². The molecule has 0 aromatic carbocycles. The summed E-state index contributed by atoms with van der Waals surface area (Å²) in [6.45, 7) is -0.220. The van der Waals surface area contributed by atoms with Crippen LogP contribution in [-0.2, 0) is 6.54 Å². The van der Waals surface area contributed by atoms with Crippen LogP contribution in [0.15, 0.2) is 6.20 Å². The minimum Gasteiger partial charge on any atom is -0.491 e. The van der Waals surface area contributed by atoms with E-state index in [1.165, 1.54) is 7.11 Å². The van der Waals surface area contributed by atoms with Gasteiger partial charge in [-0.3, -0.25) is 4.98 Å². The van der Waals surface area contributed by atoms with Crippen molar-refractivity contribution in [3.63, 3.8) is 0 Å². The Hall–Kier alpha value is -1.70. The molecule has 1 heterocycles. The van der Waals surface area contributed by atoms with Crippen molar-refractivity contribution in [1.29, 1.82) is 0 Å². The predicted molar refractivity (Wildman–Crippen MR) is 49.8 cm³/mol. The second-order valence-corrected chi connectivity index (χ2v) is 2.77. The lowest BCUT2D eigenvalue weighted by Crippen LogP contribution is -2.20. The van der Waals surface area contributed by atoms with Gasteiger partial charge in [-0.1, -0.05) is 0 Å². The molecule has 0 bridgehead atoms. The Morgan fingerprint density at radius 2 is 2.00 bits per heavy atom. The number of nitrogen functional groups attached to an aromatic ring is 1. The fraction of sp³-hybridized carbons (Fsp3) is 0.375. The van der Waals surface area contributed by atoms with Crippen LogP contribution in [-0.4, -0.2) is 18.5 Å². The summed E-state index contributed by atoms with van der Waals surface area (Å²) in [4.78, 5) is 3.63. The molecule has 8 heteroatoms. The summed E-state index contributed by atoms with van der Waals surface area (Å²) in [5, 5.41) is 0. The zero-order chi connectivity index (χ0) is 12.3. The zero-order valence-electron chi connectivity index (χ0n) is 8.34. The number of pyridine rings is 1. The SMILES string of the molecule is COc1c(N)cnc(CN)c1OC(F)(F)F. The smallest absolute Gasteiger partial charge is 0.491 e. The third kappa shape index (κ3) is 2.66. The maximum atomic E-state index is 12.1. The van der Waals surface area contributed by atoms with Crippen LogP contribution in [0.5, 0.6) is 11.5 Å². The molecule has 4 N–H and O–H groups in total. The van der Waals surface area contributed by atoms with Crippen molar-refractivity contribution in [3.05, 3.63) is 11.9 Å². The van der Waals surface area contributed by atoms with Gasteiger partial charge in [0.25, 0.3) is 0 Å². The molecule has 90 valence electrons. The highest BCUT2D eigenvalue weighted by Gasteiger charge is 2.34. The van der Waals surface area contributed by atoms with E-state index in [-0.39, 0.29) is 23.7 Å². The molecular weight excluding hydrogens is 227 g/mol. The molecule has 0 unspecified atom stereocenters. The van der Waals surface area contributed by atoms with E-state index >= 15 is 0 Å². The molecule has 0 saturated carbocycles. The molecule has 0 fully saturated rings. The number of hydrogen-bond donors (Lipinski definition) is 2. The van der Waals surface area contributed by atoms with E-state index in [9.17, 15) is 13.2 Å². The Labute approximate surface area is 89.1 Å². The maximum Gasteiger partial charge on any atom is 0.573 e. The van der Waals surface area contributed by atoms with Gasteiger partial charge in [-0.15, -0.1) is 13.2 Å². The number of ether oxygens (including phenoxy) is 2. The fourth-order valence-electron chi connectivity index (χ4n) is 1.10. The molecule has 5 nitrogen and oxygen atoms in total. The number of alkyl halides is 3. The Morgan fingerprint density at radius 3 is 2.44 bits per heavy atom.